The topological polar surface area (TPSA) is 61.2 Å². The van der Waals surface area contributed by atoms with E-state index < -0.39 is 11.4 Å². The van der Waals surface area contributed by atoms with Gasteiger partial charge in [0.2, 0.25) is 11.1 Å². The Morgan fingerprint density at radius 2 is 1.95 bits per heavy atom. The summed E-state index contributed by atoms with van der Waals surface area (Å²) in [4.78, 5) is 23.5. The number of carbonyl (C=O) groups is 1. The Kier molecular flexibility index (Phi) is 4.52. The summed E-state index contributed by atoms with van der Waals surface area (Å²) in [6.07, 6.45) is 3.72. The normalized spacial score (nSPS) is 10.4. The maximum absolute atomic E-state index is 11.9. The second-order valence-corrected chi connectivity index (χ2v) is 4.84. The Balaban J connectivity index is 2.46. The highest BCUT2D eigenvalue weighted by atomic mass is 16.5. The molecule has 0 spiro atoms. The fourth-order valence-corrected chi connectivity index (χ4v) is 2.08. The van der Waals surface area contributed by atoms with Crippen LogP contribution in [0, 0.1) is 6.92 Å². The smallest absolute Gasteiger partial charge is 0.362 e. The quantitative estimate of drug-likeness (QED) is 0.809. The Bertz CT molecular complexity index is 702. The minimum atomic E-state index is -0.722. The van der Waals surface area contributed by atoms with Crippen LogP contribution < -0.4 is 5.43 Å². The van der Waals surface area contributed by atoms with Gasteiger partial charge in [0.15, 0.2) is 0 Å². The first kappa shape index (κ1) is 15.0. The molecule has 0 saturated heterocycles. The van der Waals surface area contributed by atoms with E-state index in [1.54, 1.807) is 13.1 Å². The Hall–Kier alpha value is -2.43. The number of esters is 1. The second kappa shape index (κ2) is 6.35. The van der Waals surface area contributed by atoms with Gasteiger partial charge in [-0.1, -0.05) is 25.5 Å². The third-order valence-electron chi connectivity index (χ3n) is 3.22. The van der Waals surface area contributed by atoms with Crippen molar-refractivity contribution in [1.29, 1.82) is 0 Å². The van der Waals surface area contributed by atoms with Crippen LogP contribution in [0.15, 0.2) is 35.3 Å². The van der Waals surface area contributed by atoms with Crippen molar-refractivity contribution < 1.29 is 9.53 Å². The highest BCUT2D eigenvalue weighted by Gasteiger charge is 2.16. The summed E-state index contributed by atoms with van der Waals surface area (Å²) >= 11 is 0. The molecule has 110 valence electrons. The minimum absolute atomic E-state index is 0.199. The van der Waals surface area contributed by atoms with Crippen LogP contribution in [-0.2, 0) is 11.2 Å². The summed E-state index contributed by atoms with van der Waals surface area (Å²) in [5.41, 5.74) is 1.88. The molecule has 1 aromatic heterocycles. The Morgan fingerprint density at radius 3 is 2.52 bits per heavy atom. The number of carbonyl (C=O) groups excluding carboxylic acids is 1. The molecule has 0 atom stereocenters. The lowest BCUT2D eigenvalue weighted by Crippen LogP contribution is -2.24. The molecule has 5 heteroatoms. The molecule has 0 unspecified atom stereocenters. The van der Waals surface area contributed by atoms with Crippen molar-refractivity contribution in [2.24, 2.45) is 0 Å². The molecule has 1 heterocycles. The number of nitrogens with zero attached hydrogens (tertiary/aromatic N) is 2. The van der Waals surface area contributed by atoms with Gasteiger partial charge in [0.1, 0.15) is 0 Å². The summed E-state index contributed by atoms with van der Waals surface area (Å²) in [6.45, 7) is 3.78. The number of hydrogen-bond acceptors (Lipinski definition) is 4. The van der Waals surface area contributed by atoms with Crippen LogP contribution in [0.5, 0.6) is 0 Å². The van der Waals surface area contributed by atoms with Gasteiger partial charge in [0, 0.05) is 11.8 Å². The first-order chi connectivity index (χ1) is 10.1. The predicted octanol–water partition coefficient (Wildman–Crippen LogP) is 2.28. The second-order valence-electron chi connectivity index (χ2n) is 4.84. The van der Waals surface area contributed by atoms with Crippen LogP contribution in [0.4, 0.5) is 0 Å². The summed E-state index contributed by atoms with van der Waals surface area (Å²) in [7, 11) is 1.23. The van der Waals surface area contributed by atoms with Crippen molar-refractivity contribution in [1.82, 2.24) is 9.78 Å². The number of benzene rings is 1. The fourth-order valence-electron chi connectivity index (χ4n) is 2.08. The van der Waals surface area contributed by atoms with E-state index >= 15 is 0 Å². The predicted molar refractivity (Wildman–Crippen MR) is 79.9 cm³/mol. The van der Waals surface area contributed by atoms with Crippen molar-refractivity contribution in [2.75, 3.05) is 7.11 Å². The number of methoxy groups -OCH3 is 1. The van der Waals surface area contributed by atoms with Gasteiger partial charge < -0.3 is 4.74 Å². The fraction of sp³-hybridized carbons (Fsp3) is 0.312. The van der Waals surface area contributed by atoms with Crippen molar-refractivity contribution >= 4 is 5.97 Å². The molecule has 0 saturated carbocycles. The van der Waals surface area contributed by atoms with Gasteiger partial charge in [-0.15, -0.1) is 0 Å². The van der Waals surface area contributed by atoms with E-state index in [1.165, 1.54) is 17.4 Å². The van der Waals surface area contributed by atoms with Gasteiger partial charge >= 0.3 is 5.97 Å². The average molecular weight is 286 g/mol. The van der Waals surface area contributed by atoms with Gasteiger partial charge in [-0.25, -0.2) is 9.48 Å². The monoisotopic (exact) mass is 286 g/mol. The molecule has 0 aliphatic rings. The summed E-state index contributed by atoms with van der Waals surface area (Å²) < 4.78 is 6.13. The summed E-state index contributed by atoms with van der Waals surface area (Å²) in [5, 5.41) is 4.08. The minimum Gasteiger partial charge on any atom is -0.464 e. The molecule has 0 aliphatic heterocycles. The molecule has 1 aromatic carbocycles. The summed E-state index contributed by atoms with van der Waals surface area (Å²) in [6, 6.07) is 7.88. The highest BCUT2D eigenvalue weighted by molar-refractivity contribution is 5.87. The standard InChI is InChI=1S/C16H18N2O3/c1-4-5-12-6-8-13(9-7-12)18-10-11(2)15(19)14(17-18)16(20)21-3/h6-10H,4-5H2,1-3H3. The van der Waals surface area contributed by atoms with Gasteiger partial charge in [0.05, 0.1) is 12.8 Å². The lowest BCUT2D eigenvalue weighted by atomic mass is 10.1. The van der Waals surface area contributed by atoms with Crippen LogP contribution in [0.3, 0.4) is 0 Å². The molecule has 0 amide bonds. The van der Waals surface area contributed by atoms with Crippen molar-refractivity contribution in [2.45, 2.75) is 26.7 Å². The van der Waals surface area contributed by atoms with Crippen LogP contribution in [0.25, 0.3) is 5.69 Å². The molecular formula is C16H18N2O3. The molecule has 2 aromatic rings. The number of aromatic nitrogens is 2. The van der Waals surface area contributed by atoms with E-state index in [2.05, 4.69) is 16.8 Å². The maximum Gasteiger partial charge on any atom is 0.362 e. The molecule has 2 rings (SSSR count). The third kappa shape index (κ3) is 3.18. The number of hydrogen-bond donors (Lipinski definition) is 0. The molecule has 0 radical (unpaired) electrons. The van der Waals surface area contributed by atoms with Crippen molar-refractivity contribution in [3.05, 3.63) is 57.5 Å². The molecule has 21 heavy (non-hydrogen) atoms. The van der Waals surface area contributed by atoms with Crippen molar-refractivity contribution in [3.8, 4) is 5.69 Å². The van der Waals surface area contributed by atoms with Gasteiger partial charge in [-0.05, 0) is 31.0 Å². The van der Waals surface area contributed by atoms with Gasteiger partial charge in [0.25, 0.3) is 0 Å². The van der Waals surface area contributed by atoms with E-state index in [4.69, 9.17) is 0 Å². The van der Waals surface area contributed by atoms with E-state index in [0.29, 0.717) is 5.56 Å². The van der Waals surface area contributed by atoms with E-state index in [1.807, 2.05) is 24.3 Å². The van der Waals surface area contributed by atoms with Crippen LogP contribution in [-0.4, -0.2) is 22.9 Å². The highest BCUT2D eigenvalue weighted by Crippen LogP contribution is 2.10. The molecule has 0 bridgehead atoms. The molecule has 0 N–H and O–H groups in total. The zero-order valence-corrected chi connectivity index (χ0v) is 12.4. The maximum atomic E-state index is 11.9. The largest absolute Gasteiger partial charge is 0.464 e. The number of rotatable bonds is 4. The van der Waals surface area contributed by atoms with E-state index in [0.717, 1.165) is 18.5 Å². The Labute approximate surface area is 123 Å². The van der Waals surface area contributed by atoms with E-state index in [-0.39, 0.29) is 5.69 Å². The molecule has 0 aliphatic carbocycles. The molecule has 5 nitrogen and oxygen atoms in total. The Morgan fingerprint density at radius 1 is 1.29 bits per heavy atom. The van der Waals surface area contributed by atoms with E-state index in [9.17, 15) is 9.59 Å². The lowest BCUT2D eigenvalue weighted by Gasteiger charge is -2.09. The van der Waals surface area contributed by atoms with Crippen LogP contribution in [0.2, 0.25) is 0 Å². The molecular weight excluding hydrogens is 268 g/mol. The third-order valence-corrected chi connectivity index (χ3v) is 3.22. The average Bonchev–Trinajstić information content (AvgIpc) is 2.50. The van der Waals surface area contributed by atoms with Crippen molar-refractivity contribution in [3.63, 3.8) is 0 Å². The lowest BCUT2D eigenvalue weighted by molar-refractivity contribution is 0.0590. The first-order valence-corrected chi connectivity index (χ1v) is 6.85. The SMILES string of the molecule is CCCc1ccc(-n2cc(C)c(=O)c(C(=O)OC)n2)cc1. The summed E-state index contributed by atoms with van der Waals surface area (Å²) in [5.74, 6) is -0.722. The first-order valence-electron chi connectivity index (χ1n) is 6.85. The van der Waals surface area contributed by atoms with Gasteiger partial charge in [-0.3, -0.25) is 4.79 Å². The molecule has 0 fully saturated rings. The zero-order chi connectivity index (χ0) is 15.4. The van der Waals surface area contributed by atoms with Gasteiger partial charge in [-0.2, -0.15) is 5.10 Å². The van der Waals surface area contributed by atoms with Crippen LogP contribution >= 0.6 is 0 Å². The van der Waals surface area contributed by atoms with Crippen LogP contribution in [0.1, 0.15) is 35.0 Å². The zero-order valence-electron chi connectivity index (χ0n) is 12.4. The number of ether oxygens (including phenoxy) is 1. The number of aryl methyl sites for hydroxylation is 2.